The molecule has 40 heavy (non-hydrogen) atoms. The van der Waals surface area contributed by atoms with Crippen molar-refractivity contribution in [2.45, 2.75) is 45.6 Å². The maximum atomic E-state index is 13.4. The topological polar surface area (TPSA) is 130 Å². The van der Waals surface area contributed by atoms with Crippen molar-refractivity contribution in [3.8, 4) is 0 Å². The van der Waals surface area contributed by atoms with Crippen molar-refractivity contribution in [3.05, 3.63) is 65.5 Å². The largest absolute Gasteiger partial charge is 0.448 e. The van der Waals surface area contributed by atoms with E-state index in [9.17, 15) is 19.2 Å². The number of aromatic nitrogens is 1. The number of nitrogens with zero attached hydrogens (tertiary/aromatic N) is 3. The third-order valence-electron chi connectivity index (χ3n) is 6.54. The fourth-order valence-corrected chi connectivity index (χ4v) is 4.32. The first-order valence-corrected chi connectivity index (χ1v) is 13.9. The van der Waals surface area contributed by atoms with Gasteiger partial charge in [0.05, 0.1) is 17.2 Å². The van der Waals surface area contributed by atoms with Crippen LogP contribution in [0.5, 0.6) is 0 Å². The van der Waals surface area contributed by atoms with Gasteiger partial charge in [-0.3, -0.25) is 24.4 Å². The van der Waals surface area contributed by atoms with Crippen molar-refractivity contribution < 1.29 is 28.7 Å². The van der Waals surface area contributed by atoms with Gasteiger partial charge in [0.25, 0.3) is 11.8 Å². The van der Waals surface area contributed by atoms with E-state index in [1.807, 2.05) is 18.7 Å². The van der Waals surface area contributed by atoms with E-state index in [-0.39, 0.29) is 31.6 Å². The van der Waals surface area contributed by atoms with Crippen LogP contribution in [0.25, 0.3) is 0 Å². The first-order valence-electron chi connectivity index (χ1n) is 13.9. The van der Waals surface area contributed by atoms with Gasteiger partial charge in [0, 0.05) is 45.1 Å². The Morgan fingerprint density at radius 1 is 0.850 bits per heavy atom. The fraction of sp³-hybridized carbons (Fsp3) is 0.483. The molecular weight excluding hydrogens is 514 g/mol. The molecule has 4 amide bonds. The number of ether oxygens (including phenoxy) is 2. The molecule has 2 aromatic rings. The summed E-state index contributed by atoms with van der Waals surface area (Å²) in [6.07, 6.45) is 5.82. The molecule has 0 fully saturated rings. The molecule has 2 N–H and O–H groups in total. The highest BCUT2D eigenvalue weighted by Crippen LogP contribution is 2.32. The Morgan fingerprint density at radius 3 is 1.82 bits per heavy atom. The number of nitrogens with one attached hydrogen (secondary N) is 2. The lowest BCUT2D eigenvalue weighted by Gasteiger charge is -2.32. The number of carbonyl (C=O) groups is 4. The molecule has 1 aromatic carbocycles. The predicted molar refractivity (Wildman–Crippen MR) is 149 cm³/mol. The highest BCUT2D eigenvalue weighted by Gasteiger charge is 2.41. The number of alkyl carbamates (subject to hydrolysis) is 2. The van der Waals surface area contributed by atoms with Gasteiger partial charge in [-0.15, -0.1) is 0 Å². The van der Waals surface area contributed by atoms with E-state index in [1.165, 1.54) is 4.90 Å². The number of rotatable bonds is 16. The van der Waals surface area contributed by atoms with Gasteiger partial charge >= 0.3 is 12.2 Å². The summed E-state index contributed by atoms with van der Waals surface area (Å²) < 4.78 is 10.7. The molecule has 1 aromatic heterocycles. The van der Waals surface area contributed by atoms with Crippen LogP contribution in [0.2, 0.25) is 0 Å². The molecule has 1 atom stereocenters. The summed E-state index contributed by atoms with van der Waals surface area (Å²) in [4.78, 5) is 58.1. The van der Waals surface area contributed by atoms with Gasteiger partial charge in [0.2, 0.25) is 0 Å². The minimum atomic E-state index is -0.646. The third-order valence-corrected chi connectivity index (χ3v) is 6.54. The summed E-state index contributed by atoms with van der Waals surface area (Å²) >= 11 is 0. The highest BCUT2D eigenvalue weighted by atomic mass is 16.6. The van der Waals surface area contributed by atoms with Gasteiger partial charge in [0.15, 0.2) is 0 Å². The van der Waals surface area contributed by atoms with Crippen LogP contribution in [-0.2, 0) is 9.47 Å². The van der Waals surface area contributed by atoms with Gasteiger partial charge in [-0.2, -0.15) is 0 Å². The lowest BCUT2D eigenvalue weighted by atomic mass is 10.1. The highest BCUT2D eigenvalue weighted by molar-refractivity contribution is 6.21. The first kappa shape index (κ1) is 30.6. The quantitative estimate of drug-likeness (QED) is 0.237. The van der Waals surface area contributed by atoms with Crippen molar-refractivity contribution in [2.24, 2.45) is 0 Å². The molecule has 1 unspecified atom stereocenters. The van der Waals surface area contributed by atoms with E-state index >= 15 is 0 Å². The lowest BCUT2D eigenvalue weighted by molar-refractivity contribution is 0.0511. The molecule has 2 heterocycles. The minimum Gasteiger partial charge on any atom is -0.448 e. The maximum Gasteiger partial charge on any atom is 0.407 e. The molecule has 216 valence electrons. The molecule has 11 nitrogen and oxygen atoms in total. The van der Waals surface area contributed by atoms with Crippen LogP contribution >= 0.6 is 0 Å². The van der Waals surface area contributed by atoms with Crippen LogP contribution in [0, 0.1) is 0 Å². The Balaban J connectivity index is 1.74. The summed E-state index contributed by atoms with van der Waals surface area (Å²) in [7, 11) is 0. The normalized spacial score (nSPS) is 13.2. The van der Waals surface area contributed by atoms with Gasteiger partial charge in [0.1, 0.15) is 13.2 Å². The standard InChI is InChI=1S/C29H39N5O6/c1-3-5-13-31-28(37)39-19-17-33(18-20-40-29(38)32-14-6-4-2)21-25(22-11-15-30-16-12-22)34-26(35)23-9-7-8-10-24(23)27(34)36/h7-12,15-16,25H,3-6,13-14,17-21H2,1-2H3,(H,31,37)(H,32,38). The SMILES string of the molecule is CCCCNC(=O)OCCN(CCOC(=O)NCCCC)CC(c1ccncc1)N1C(=O)c2ccccc2C1=O. The maximum absolute atomic E-state index is 13.4. The number of imide groups is 1. The number of amides is 4. The molecule has 0 saturated heterocycles. The molecule has 0 aliphatic carbocycles. The molecule has 3 rings (SSSR count). The number of carbonyl (C=O) groups excluding carboxylic acids is 4. The second kappa shape index (κ2) is 16.2. The zero-order valence-electron chi connectivity index (χ0n) is 23.3. The smallest absolute Gasteiger partial charge is 0.407 e. The van der Waals surface area contributed by atoms with Crippen molar-refractivity contribution >= 4 is 24.0 Å². The van der Waals surface area contributed by atoms with Gasteiger partial charge in [-0.05, 0) is 42.7 Å². The molecule has 1 aliphatic rings. The molecule has 0 saturated carbocycles. The number of benzene rings is 1. The van der Waals surface area contributed by atoms with Crippen LogP contribution in [0.1, 0.15) is 71.9 Å². The second-order valence-electron chi connectivity index (χ2n) is 9.46. The summed E-state index contributed by atoms with van der Waals surface area (Å²) in [5, 5.41) is 5.42. The monoisotopic (exact) mass is 553 g/mol. The minimum absolute atomic E-state index is 0.0752. The molecule has 0 bridgehead atoms. The van der Waals surface area contributed by atoms with Crippen molar-refractivity contribution in [2.75, 3.05) is 45.9 Å². The zero-order chi connectivity index (χ0) is 28.7. The Morgan fingerprint density at radius 2 is 1.35 bits per heavy atom. The number of hydrogen-bond acceptors (Lipinski definition) is 8. The number of pyridine rings is 1. The summed E-state index contributed by atoms with van der Waals surface area (Å²) in [6, 6.07) is 9.64. The van der Waals surface area contributed by atoms with Crippen LogP contribution in [0.4, 0.5) is 9.59 Å². The van der Waals surface area contributed by atoms with E-state index in [0.29, 0.717) is 37.3 Å². The van der Waals surface area contributed by atoms with E-state index in [2.05, 4.69) is 15.6 Å². The second-order valence-corrected chi connectivity index (χ2v) is 9.46. The third kappa shape index (κ3) is 8.77. The van der Waals surface area contributed by atoms with E-state index in [1.54, 1.807) is 48.8 Å². The van der Waals surface area contributed by atoms with Crippen LogP contribution in [0.3, 0.4) is 0 Å². The molecule has 0 radical (unpaired) electrons. The van der Waals surface area contributed by atoms with Crippen LogP contribution in [0.15, 0.2) is 48.8 Å². The average molecular weight is 554 g/mol. The van der Waals surface area contributed by atoms with Gasteiger partial charge < -0.3 is 20.1 Å². The van der Waals surface area contributed by atoms with Crippen LogP contribution in [-0.4, -0.2) is 84.7 Å². The Bertz CT molecular complexity index is 1070. The van der Waals surface area contributed by atoms with Gasteiger partial charge in [-0.1, -0.05) is 38.8 Å². The van der Waals surface area contributed by atoms with E-state index in [0.717, 1.165) is 31.2 Å². The molecular formula is C29H39N5O6. The van der Waals surface area contributed by atoms with E-state index in [4.69, 9.17) is 9.47 Å². The van der Waals surface area contributed by atoms with Crippen molar-refractivity contribution in [1.29, 1.82) is 0 Å². The summed E-state index contributed by atoms with van der Waals surface area (Å²) in [5.74, 6) is -0.749. The number of fused-ring (bicyclic) bond motifs is 1. The fourth-order valence-electron chi connectivity index (χ4n) is 4.32. The Kier molecular flexibility index (Phi) is 12.4. The number of hydrogen-bond donors (Lipinski definition) is 2. The average Bonchev–Trinajstić information content (AvgIpc) is 3.21. The summed E-state index contributed by atoms with van der Waals surface area (Å²) in [5.41, 5.74) is 1.44. The Labute approximate surface area is 235 Å². The summed E-state index contributed by atoms with van der Waals surface area (Å²) in [6.45, 7) is 6.11. The molecule has 1 aliphatic heterocycles. The van der Waals surface area contributed by atoms with Crippen molar-refractivity contribution in [1.82, 2.24) is 25.4 Å². The first-order chi connectivity index (χ1) is 19.5. The lowest BCUT2D eigenvalue weighted by Crippen LogP contribution is -2.43. The predicted octanol–water partition coefficient (Wildman–Crippen LogP) is 3.77. The van der Waals surface area contributed by atoms with Crippen LogP contribution < -0.4 is 10.6 Å². The van der Waals surface area contributed by atoms with Crippen molar-refractivity contribution in [3.63, 3.8) is 0 Å². The zero-order valence-corrected chi connectivity index (χ0v) is 23.3. The van der Waals surface area contributed by atoms with E-state index < -0.39 is 18.2 Å². The Hall–Kier alpha value is -3.99. The molecule has 0 spiro atoms. The number of unbranched alkanes of at least 4 members (excludes halogenated alkanes) is 2. The molecule has 11 heteroatoms. The van der Waals surface area contributed by atoms with Gasteiger partial charge in [-0.25, -0.2) is 9.59 Å².